The largest absolute Gasteiger partial charge is 0.488 e. The van der Waals surface area contributed by atoms with Crippen LogP contribution >= 0.6 is 15.9 Å². The molecular weight excluding hydrogens is 314 g/mol. The highest BCUT2D eigenvalue weighted by Crippen LogP contribution is 2.31. The Bertz CT molecular complexity index is 456. The average molecular weight is 338 g/mol. The molecule has 0 radical (unpaired) electrons. The van der Waals surface area contributed by atoms with Crippen LogP contribution in [0.4, 0.5) is 0 Å². The number of fused-ring (bicyclic) bond motifs is 1. The van der Waals surface area contributed by atoms with Gasteiger partial charge in [-0.15, -0.1) is 0 Å². The first kappa shape index (κ1) is 14.4. The van der Waals surface area contributed by atoms with Gasteiger partial charge in [0.15, 0.2) is 0 Å². The first-order chi connectivity index (χ1) is 9.72. The normalized spacial score (nSPS) is 24.2. The molecule has 2 nitrogen and oxygen atoms in total. The van der Waals surface area contributed by atoms with E-state index in [-0.39, 0.29) is 0 Å². The first-order valence-electron chi connectivity index (χ1n) is 7.91. The quantitative estimate of drug-likeness (QED) is 0.883. The van der Waals surface area contributed by atoms with Gasteiger partial charge in [0.2, 0.25) is 0 Å². The van der Waals surface area contributed by atoms with Gasteiger partial charge in [0, 0.05) is 23.5 Å². The number of rotatable bonds is 4. The molecule has 3 heteroatoms. The van der Waals surface area contributed by atoms with E-state index in [4.69, 9.17) is 4.74 Å². The maximum Gasteiger partial charge on any atom is 0.123 e. The lowest BCUT2D eigenvalue weighted by molar-refractivity contribution is 0.204. The zero-order valence-electron chi connectivity index (χ0n) is 12.2. The molecular formula is C17H24BrNO. The van der Waals surface area contributed by atoms with E-state index in [1.807, 2.05) is 0 Å². The van der Waals surface area contributed by atoms with Crippen molar-refractivity contribution in [2.45, 2.75) is 57.6 Å². The van der Waals surface area contributed by atoms with Crippen molar-refractivity contribution in [2.75, 3.05) is 6.54 Å². The van der Waals surface area contributed by atoms with Crippen LogP contribution in [0.3, 0.4) is 0 Å². The fourth-order valence-corrected chi connectivity index (χ4v) is 3.93. The number of ether oxygens (including phenoxy) is 1. The molecule has 2 aliphatic rings. The predicted octanol–water partition coefficient (Wildman–Crippen LogP) is 4.31. The fourth-order valence-electron chi connectivity index (χ4n) is 3.52. The lowest BCUT2D eigenvalue weighted by Crippen LogP contribution is -2.40. The monoisotopic (exact) mass is 337 g/mol. The van der Waals surface area contributed by atoms with E-state index in [0.717, 1.165) is 29.1 Å². The van der Waals surface area contributed by atoms with Crippen molar-refractivity contribution in [1.82, 2.24) is 5.32 Å². The molecule has 20 heavy (non-hydrogen) atoms. The Labute approximate surface area is 130 Å². The second-order valence-electron chi connectivity index (χ2n) is 6.29. The lowest BCUT2D eigenvalue weighted by Gasteiger charge is -2.29. The van der Waals surface area contributed by atoms with Gasteiger partial charge in [0.1, 0.15) is 11.9 Å². The van der Waals surface area contributed by atoms with Crippen molar-refractivity contribution in [3.63, 3.8) is 0 Å². The summed E-state index contributed by atoms with van der Waals surface area (Å²) >= 11 is 3.53. The van der Waals surface area contributed by atoms with E-state index in [1.54, 1.807) is 0 Å². The summed E-state index contributed by atoms with van der Waals surface area (Å²) in [5.41, 5.74) is 1.33. The maximum absolute atomic E-state index is 6.02. The van der Waals surface area contributed by atoms with Gasteiger partial charge in [-0.2, -0.15) is 0 Å². The highest BCUT2D eigenvalue weighted by Gasteiger charge is 2.25. The number of hydrogen-bond acceptors (Lipinski definition) is 2. The molecule has 1 aliphatic heterocycles. The molecule has 2 unspecified atom stereocenters. The molecule has 2 atom stereocenters. The Balaban J connectivity index is 1.48. The molecule has 0 saturated heterocycles. The highest BCUT2D eigenvalue weighted by molar-refractivity contribution is 9.10. The van der Waals surface area contributed by atoms with Gasteiger partial charge in [-0.3, -0.25) is 0 Å². The van der Waals surface area contributed by atoms with Crippen molar-refractivity contribution >= 4 is 15.9 Å². The zero-order valence-corrected chi connectivity index (χ0v) is 13.8. The first-order valence-corrected chi connectivity index (χ1v) is 8.70. The van der Waals surface area contributed by atoms with Gasteiger partial charge in [-0.1, -0.05) is 35.2 Å². The smallest absolute Gasteiger partial charge is 0.123 e. The van der Waals surface area contributed by atoms with Crippen LogP contribution in [0.15, 0.2) is 22.7 Å². The van der Waals surface area contributed by atoms with Gasteiger partial charge >= 0.3 is 0 Å². The van der Waals surface area contributed by atoms with Gasteiger partial charge < -0.3 is 10.1 Å². The van der Waals surface area contributed by atoms with E-state index in [9.17, 15) is 0 Å². The number of hydrogen-bond donors (Lipinski definition) is 1. The van der Waals surface area contributed by atoms with Crippen LogP contribution in [0.2, 0.25) is 0 Å². The van der Waals surface area contributed by atoms with Crippen LogP contribution in [-0.4, -0.2) is 18.7 Å². The number of halogens is 1. The Kier molecular flexibility index (Phi) is 4.67. The molecule has 110 valence electrons. The van der Waals surface area contributed by atoms with E-state index in [0.29, 0.717) is 12.1 Å². The van der Waals surface area contributed by atoms with Gasteiger partial charge in [-0.25, -0.2) is 0 Å². The summed E-state index contributed by atoms with van der Waals surface area (Å²) in [6, 6.07) is 6.93. The summed E-state index contributed by atoms with van der Waals surface area (Å²) in [5, 5.41) is 3.71. The summed E-state index contributed by atoms with van der Waals surface area (Å²) in [5.74, 6) is 1.92. The third-order valence-electron chi connectivity index (χ3n) is 4.79. The standard InChI is InChI=1S/C17H24BrNO/c1-12(13-5-3-2-4-6-13)19-11-16-10-14-9-15(18)7-8-17(14)20-16/h7-9,12-13,16,19H,2-6,10-11H2,1H3. The second kappa shape index (κ2) is 6.48. The molecule has 1 N–H and O–H groups in total. The van der Waals surface area contributed by atoms with Gasteiger partial charge in [0.25, 0.3) is 0 Å². The third-order valence-corrected chi connectivity index (χ3v) is 5.28. The minimum Gasteiger partial charge on any atom is -0.488 e. The van der Waals surface area contributed by atoms with Crippen molar-refractivity contribution in [3.05, 3.63) is 28.2 Å². The van der Waals surface area contributed by atoms with Crippen LogP contribution in [0, 0.1) is 5.92 Å². The third kappa shape index (κ3) is 3.37. The van der Waals surface area contributed by atoms with Crippen molar-refractivity contribution in [1.29, 1.82) is 0 Å². The summed E-state index contributed by atoms with van der Waals surface area (Å²) in [4.78, 5) is 0. The molecule has 1 aromatic rings. The van der Waals surface area contributed by atoms with Crippen molar-refractivity contribution in [2.24, 2.45) is 5.92 Å². The van der Waals surface area contributed by atoms with Crippen LogP contribution in [0.1, 0.15) is 44.6 Å². The zero-order chi connectivity index (χ0) is 13.9. The minimum atomic E-state index is 0.297. The number of nitrogens with one attached hydrogen (secondary N) is 1. The van der Waals surface area contributed by atoms with E-state index < -0.39 is 0 Å². The number of benzene rings is 1. The van der Waals surface area contributed by atoms with E-state index >= 15 is 0 Å². The Morgan fingerprint density at radius 3 is 2.90 bits per heavy atom. The molecule has 0 aromatic heterocycles. The molecule has 1 aromatic carbocycles. The predicted molar refractivity (Wildman–Crippen MR) is 86.3 cm³/mol. The molecule has 3 rings (SSSR count). The van der Waals surface area contributed by atoms with Crippen molar-refractivity contribution in [3.8, 4) is 5.75 Å². The van der Waals surface area contributed by atoms with E-state index in [2.05, 4.69) is 46.4 Å². The van der Waals surface area contributed by atoms with Crippen LogP contribution in [0.25, 0.3) is 0 Å². The Morgan fingerprint density at radius 1 is 1.30 bits per heavy atom. The highest BCUT2D eigenvalue weighted by atomic mass is 79.9. The summed E-state index contributed by atoms with van der Waals surface area (Å²) in [6.45, 7) is 3.30. The molecule has 1 fully saturated rings. The van der Waals surface area contributed by atoms with Crippen molar-refractivity contribution < 1.29 is 4.74 Å². The lowest BCUT2D eigenvalue weighted by atomic mass is 9.84. The Morgan fingerprint density at radius 2 is 2.10 bits per heavy atom. The van der Waals surface area contributed by atoms with Gasteiger partial charge in [-0.05, 0) is 49.4 Å². The van der Waals surface area contributed by atoms with Gasteiger partial charge in [0.05, 0.1) is 0 Å². The molecule has 0 amide bonds. The second-order valence-corrected chi connectivity index (χ2v) is 7.21. The molecule has 1 saturated carbocycles. The topological polar surface area (TPSA) is 21.3 Å². The van der Waals surface area contributed by atoms with E-state index in [1.165, 1.54) is 37.7 Å². The van der Waals surface area contributed by atoms with Crippen LogP contribution < -0.4 is 10.1 Å². The molecule has 0 spiro atoms. The van der Waals surface area contributed by atoms with Crippen LogP contribution in [0.5, 0.6) is 5.75 Å². The molecule has 0 bridgehead atoms. The van der Waals surface area contributed by atoms with Crippen LogP contribution in [-0.2, 0) is 6.42 Å². The minimum absolute atomic E-state index is 0.297. The fraction of sp³-hybridized carbons (Fsp3) is 0.647. The maximum atomic E-state index is 6.02. The summed E-state index contributed by atoms with van der Waals surface area (Å²) in [6.07, 6.45) is 8.37. The molecule has 1 aliphatic carbocycles. The summed E-state index contributed by atoms with van der Waals surface area (Å²) in [7, 11) is 0. The summed E-state index contributed by atoms with van der Waals surface area (Å²) < 4.78 is 7.16. The molecule has 1 heterocycles. The SMILES string of the molecule is CC(NCC1Cc2cc(Br)ccc2O1)C1CCCCC1. The Hall–Kier alpha value is -0.540. The average Bonchev–Trinajstić information content (AvgIpc) is 2.87.